The zero-order chi connectivity index (χ0) is 18.4. The lowest BCUT2D eigenvalue weighted by Crippen LogP contribution is -2.39. The maximum atomic E-state index is 12.0. The number of furan rings is 1. The van der Waals surface area contributed by atoms with Crippen molar-refractivity contribution in [3.05, 3.63) is 35.5 Å². The highest BCUT2D eigenvalue weighted by Crippen LogP contribution is 2.22. The number of aryl methyl sites for hydroxylation is 1. The summed E-state index contributed by atoms with van der Waals surface area (Å²) in [5.41, 5.74) is 2.06. The van der Waals surface area contributed by atoms with Crippen LogP contribution in [-0.4, -0.2) is 27.2 Å². The highest BCUT2D eigenvalue weighted by Gasteiger charge is 2.15. The monoisotopic (exact) mass is 364 g/mol. The lowest BCUT2D eigenvalue weighted by Gasteiger charge is -2.12. The summed E-state index contributed by atoms with van der Waals surface area (Å²) in [4.78, 5) is 28.2. The maximum absolute atomic E-state index is 12.0. The number of imide groups is 1. The average molecular weight is 364 g/mol. The highest BCUT2D eigenvalue weighted by molar-refractivity contribution is 7.99. The van der Waals surface area contributed by atoms with Crippen molar-refractivity contribution in [2.75, 3.05) is 5.75 Å². The van der Waals surface area contributed by atoms with Crippen LogP contribution in [0.15, 0.2) is 28.0 Å². The molecule has 2 aromatic rings. The van der Waals surface area contributed by atoms with E-state index < -0.39 is 6.03 Å². The van der Waals surface area contributed by atoms with E-state index in [0.717, 1.165) is 23.1 Å². The number of hydrogen-bond acceptors (Lipinski definition) is 5. The smallest absolute Gasteiger partial charge is 0.321 e. The van der Waals surface area contributed by atoms with Crippen LogP contribution >= 0.6 is 11.8 Å². The first-order valence-electron chi connectivity index (χ1n) is 8.13. The number of hydrogen-bond donors (Lipinski definition) is 2. The molecule has 0 bridgehead atoms. The van der Waals surface area contributed by atoms with Crippen molar-refractivity contribution in [3.63, 3.8) is 0 Å². The molecule has 2 aromatic heterocycles. The van der Waals surface area contributed by atoms with E-state index in [-0.39, 0.29) is 18.2 Å². The van der Waals surface area contributed by atoms with Gasteiger partial charge in [0.15, 0.2) is 5.16 Å². The van der Waals surface area contributed by atoms with Gasteiger partial charge in [0.2, 0.25) is 5.91 Å². The summed E-state index contributed by atoms with van der Waals surface area (Å²) in [6.07, 6.45) is 1.53. The Bertz CT molecular complexity index is 723. The molecule has 0 radical (unpaired) electrons. The molecule has 0 saturated carbocycles. The molecule has 2 heterocycles. The number of rotatable bonds is 7. The molecule has 0 aromatic carbocycles. The zero-order valence-corrected chi connectivity index (χ0v) is 15.8. The van der Waals surface area contributed by atoms with Crippen LogP contribution in [0.3, 0.4) is 0 Å². The van der Waals surface area contributed by atoms with Crippen LogP contribution in [0.25, 0.3) is 0 Å². The first-order chi connectivity index (χ1) is 11.9. The molecular formula is C17H24N4O3S. The van der Waals surface area contributed by atoms with Gasteiger partial charge in [-0.25, -0.2) is 9.78 Å². The first-order valence-corrected chi connectivity index (χ1v) is 9.12. The summed E-state index contributed by atoms with van der Waals surface area (Å²) >= 11 is 1.33. The van der Waals surface area contributed by atoms with Gasteiger partial charge in [-0.15, -0.1) is 0 Å². The van der Waals surface area contributed by atoms with Crippen molar-refractivity contribution in [3.8, 4) is 0 Å². The highest BCUT2D eigenvalue weighted by atomic mass is 32.2. The molecule has 0 spiro atoms. The standard InChI is InChI=1S/C17H24N4O3S/c1-11(2)9-21-13(4)12(3)19-17(21)25-10-15(22)20-16(23)18-8-14-6-5-7-24-14/h5-7,11H,8-10H2,1-4H3,(H2,18,20,22,23). The molecule has 0 aliphatic heterocycles. The second-order valence-electron chi connectivity index (χ2n) is 6.17. The van der Waals surface area contributed by atoms with E-state index in [1.165, 1.54) is 18.0 Å². The fourth-order valence-electron chi connectivity index (χ4n) is 2.23. The van der Waals surface area contributed by atoms with Gasteiger partial charge in [0.25, 0.3) is 0 Å². The number of thioether (sulfide) groups is 1. The molecule has 0 aliphatic carbocycles. The van der Waals surface area contributed by atoms with Gasteiger partial charge in [-0.1, -0.05) is 25.6 Å². The van der Waals surface area contributed by atoms with E-state index in [1.807, 2.05) is 13.8 Å². The molecule has 0 fully saturated rings. The van der Waals surface area contributed by atoms with Crippen molar-refractivity contribution in [1.29, 1.82) is 0 Å². The van der Waals surface area contributed by atoms with Gasteiger partial charge < -0.3 is 14.3 Å². The number of aromatic nitrogens is 2. The molecule has 2 rings (SSSR count). The fraction of sp³-hybridized carbons (Fsp3) is 0.471. The third kappa shape index (κ3) is 5.67. The third-order valence-electron chi connectivity index (χ3n) is 3.56. The number of nitrogens with zero attached hydrogens (tertiary/aromatic N) is 2. The minimum Gasteiger partial charge on any atom is -0.467 e. The second-order valence-corrected chi connectivity index (χ2v) is 7.11. The number of amides is 3. The average Bonchev–Trinajstić information content (AvgIpc) is 3.15. The normalized spacial score (nSPS) is 10.9. The summed E-state index contributed by atoms with van der Waals surface area (Å²) in [7, 11) is 0. The van der Waals surface area contributed by atoms with E-state index >= 15 is 0 Å². The lowest BCUT2D eigenvalue weighted by molar-refractivity contribution is -0.117. The van der Waals surface area contributed by atoms with Crippen molar-refractivity contribution < 1.29 is 14.0 Å². The van der Waals surface area contributed by atoms with Crippen molar-refractivity contribution in [2.24, 2.45) is 5.92 Å². The Morgan fingerprint density at radius 1 is 1.36 bits per heavy atom. The summed E-state index contributed by atoms with van der Waals surface area (Å²) in [6, 6.07) is 2.94. The predicted molar refractivity (Wildman–Crippen MR) is 96.3 cm³/mol. The Morgan fingerprint density at radius 3 is 2.76 bits per heavy atom. The summed E-state index contributed by atoms with van der Waals surface area (Å²) in [6.45, 7) is 9.34. The summed E-state index contributed by atoms with van der Waals surface area (Å²) < 4.78 is 7.23. The van der Waals surface area contributed by atoms with Gasteiger partial charge in [0, 0.05) is 12.2 Å². The van der Waals surface area contributed by atoms with E-state index in [9.17, 15) is 9.59 Å². The number of imidazole rings is 1. The SMILES string of the molecule is Cc1nc(SCC(=O)NC(=O)NCc2ccco2)n(CC(C)C)c1C. The Labute approximate surface area is 151 Å². The molecule has 7 nitrogen and oxygen atoms in total. The van der Waals surface area contributed by atoms with Crippen LogP contribution < -0.4 is 10.6 Å². The van der Waals surface area contributed by atoms with Crippen LogP contribution in [0, 0.1) is 19.8 Å². The fourth-order valence-corrected chi connectivity index (χ4v) is 3.13. The summed E-state index contributed by atoms with van der Waals surface area (Å²) in [5.74, 6) is 0.866. The van der Waals surface area contributed by atoms with Crippen LogP contribution in [0.1, 0.15) is 31.0 Å². The van der Waals surface area contributed by atoms with Gasteiger partial charge in [-0.2, -0.15) is 0 Å². The molecule has 0 saturated heterocycles. The molecule has 3 amide bonds. The topological polar surface area (TPSA) is 89.2 Å². The minimum absolute atomic E-state index is 0.127. The molecule has 0 atom stereocenters. The maximum Gasteiger partial charge on any atom is 0.321 e. The van der Waals surface area contributed by atoms with Crippen LogP contribution in [0.4, 0.5) is 4.79 Å². The van der Waals surface area contributed by atoms with Crippen LogP contribution in [0.2, 0.25) is 0 Å². The van der Waals surface area contributed by atoms with Gasteiger partial charge in [-0.3, -0.25) is 10.1 Å². The van der Waals surface area contributed by atoms with Gasteiger partial charge in [0.05, 0.1) is 24.3 Å². The molecule has 0 unspecified atom stereocenters. The van der Waals surface area contributed by atoms with Crippen LogP contribution in [0.5, 0.6) is 0 Å². The van der Waals surface area contributed by atoms with Gasteiger partial charge in [0.1, 0.15) is 5.76 Å². The Balaban J connectivity index is 1.83. The Kier molecular flexibility index (Phi) is 6.69. The van der Waals surface area contributed by atoms with Crippen molar-refractivity contribution in [1.82, 2.24) is 20.2 Å². The van der Waals surface area contributed by atoms with Crippen LogP contribution in [-0.2, 0) is 17.9 Å². The number of nitrogens with one attached hydrogen (secondary N) is 2. The Morgan fingerprint density at radius 2 is 2.12 bits per heavy atom. The van der Waals surface area contributed by atoms with Crippen molar-refractivity contribution >= 4 is 23.7 Å². The van der Waals surface area contributed by atoms with E-state index in [4.69, 9.17) is 4.42 Å². The second kappa shape index (κ2) is 8.75. The van der Waals surface area contributed by atoms with E-state index in [1.54, 1.807) is 12.1 Å². The lowest BCUT2D eigenvalue weighted by atomic mass is 10.2. The Hall–Kier alpha value is -2.22. The molecule has 8 heteroatoms. The number of urea groups is 1. The molecule has 2 N–H and O–H groups in total. The van der Waals surface area contributed by atoms with Gasteiger partial charge >= 0.3 is 6.03 Å². The first kappa shape index (κ1) is 19.1. The predicted octanol–water partition coefficient (Wildman–Crippen LogP) is 2.87. The number of carbonyl (C=O) groups excluding carboxylic acids is 2. The summed E-state index contributed by atoms with van der Waals surface area (Å²) in [5, 5.41) is 5.68. The van der Waals surface area contributed by atoms with E-state index in [0.29, 0.717) is 11.7 Å². The third-order valence-corrected chi connectivity index (χ3v) is 4.54. The quantitative estimate of drug-likeness (QED) is 0.738. The molecule has 0 aliphatic rings. The largest absolute Gasteiger partial charge is 0.467 e. The zero-order valence-electron chi connectivity index (χ0n) is 15.0. The molecule has 25 heavy (non-hydrogen) atoms. The molecule has 136 valence electrons. The molecular weight excluding hydrogens is 340 g/mol. The number of carbonyl (C=O) groups is 2. The van der Waals surface area contributed by atoms with Crippen molar-refractivity contribution in [2.45, 2.75) is 45.9 Å². The van der Waals surface area contributed by atoms with E-state index in [2.05, 4.69) is 34.0 Å². The minimum atomic E-state index is -0.542. The van der Waals surface area contributed by atoms with Gasteiger partial charge in [-0.05, 0) is 31.9 Å².